The summed E-state index contributed by atoms with van der Waals surface area (Å²) >= 11 is 0. The van der Waals surface area contributed by atoms with Crippen LogP contribution in [0.15, 0.2) is 0 Å². The lowest BCUT2D eigenvalue weighted by molar-refractivity contribution is -0.149. The van der Waals surface area contributed by atoms with E-state index in [1.165, 1.54) is 24.7 Å². The van der Waals surface area contributed by atoms with Crippen molar-refractivity contribution in [3.8, 4) is 0 Å². The van der Waals surface area contributed by atoms with Gasteiger partial charge in [0.1, 0.15) is 0 Å². The van der Waals surface area contributed by atoms with Crippen LogP contribution >= 0.6 is 0 Å². The molecule has 4 saturated carbocycles. The molecular formula is C10H16. The molecule has 0 heteroatoms. The zero-order chi connectivity index (χ0) is 6.60. The second-order valence-corrected chi connectivity index (χ2v) is 4.82. The third kappa shape index (κ3) is 0.500. The van der Waals surface area contributed by atoms with Gasteiger partial charge in [-0.2, -0.15) is 0 Å². The lowest BCUT2D eigenvalue weighted by Gasteiger charge is -2.65. The van der Waals surface area contributed by atoms with Gasteiger partial charge in [-0.25, -0.2) is 0 Å². The van der Waals surface area contributed by atoms with Gasteiger partial charge < -0.3 is 0 Å². The number of rotatable bonds is 1. The summed E-state index contributed by atoms with van der Waals surface area (Å²) in [6, 6.07) is 0. The van der Waals surface area contributed by atoms with Crippen LogP contribution in [0.3, 0.4) is 0 Å². The van der Waals surface area contributed by atoms with Gasteiger partial charge in [-0.1, -0.05) is 12.8 Å². The van der Waals surface area contributed by atoms with Crippen LogP contribution in [-0.2, 0) is 0 Å². The van der Waals surface area contributed by atoms with Gasteiger partial charge in [0.25, 0.3) is 0 Å². The average Bonchev–Trinajstić information content (AvgIpc) is 2.06. The highest BCUT2D eigenvalue weighted by Gasteiger charge is 2.59. The molecule has 0 radical (unpaired) electrons. The van der Waals surface area contributed by atoms with Gasteiger partial charge in [-0.3, -0.25) is 0 Å². The first kappa shape index (κ1) is 5.62. The van der Waals surface area contributed by atoms with E-state index in [1.54, 1.807) is 32.1 Å². The summed E-state index contributed by atoms with van der Waals surface area (Å²) in [4.78, 5) is 0. The van der Waals surface area contributed by atoms with Crippen molar-refractivity contribution in [2.45, 2.75) is 44.9 Å². The Morgan fingerprint density at radius 2 is 1.50 bits per heavy atom. The van der Waals surface area contributed by atoms with Crippen LogP contribution in [-0.4, -0.2) is 0 Å². The molecule has 2 bridgehead atoms. The van der Waals surface area contributed by atoms with Crippen molar-refractivity contribution in [3.63, 3.8) is 0 Å². The lowest BCUT2D eigenvalue weighted by atomic mass is 9.40. The van der Waals surface area contributed by atoms with Gasteiger partial charge in [0, 0.05) is 0 Å². The number of hydrogen-bond donors (Lipinski definition) is 0. The van der Waals surface area contributed by atoms with Crippen LogP contribution in [0.5, 0.6) is 0 Å². The Morgan fingerprint density at radius 1 is 0.900 bits per heavy atom. The fourth-order valence-corrected chi connectivity index (χ4v) is 3.58. The van der Waals surface area contributed by atoms with Crippen LogP contribution in [0.25, 0.3) is 0 Å². The molecule has 0 spiro atoms. The van der Waals surface area contributed by atoms with Crippen LogP contribution in [0.4, 0.5) is 0 Å². The maximum absolute atomic E-state index is 1.62. The van der Waals surface area contributed by atoms with Crippen molar-refractivity contribution in [2.75, 3.05) is 0 Å². The Bertz CT molecular complexity index is 136. The highest BCUT2D eigenvalue weighted by Crippen LogP contribution is 2.70. The largest absolute Gasteiger partial charge is 0.0530 e. The van der Waals surface area contributed by atoms with Crippen LogP contribution in [0.1, 0.15) is 44.9 Å². The first-order valence-corrected chi connectivity index (χ1v) is 4.89. The van der Waals surface area contributed by atoms with Crippen molar-refractivity contribution in [3.05, 3.63) is 0 Å². The number of hydrogen-bond acceptors (Lipinski definition) is 0. The minimum absolute atomic E-state index is 0.946. The van der Waals surface area contributed by atoms with Gasteiger partial charge in [-0.05, 0) is 49.4 Å². The maximum atomic E-state index is 1.62. The standard InChI is InChI=1S/C10H16/c1-2-4-9(3-1)10-5-8(6-10)7-10/h8-9H,1-7H2. The molecule has 4 aliphatic rings. The fraction of sp³-hybridized carbons (Fsp3) is 1.00. The van der Waals surface area contributed by atoms with E-state index < -0.39 is 0 Å². The van der Waals surface area contributed by atoms with Crippen LogP contribution < -0.4 is 0 Å². The van der Waals surface area contributed by atoms with E-state index in [4.69, 9.17) is 0 Å². The molecule has 0 aromatic heterocycles. The molecular weight excluding hydrogens is 120 g/mol. The zero-order valence-corrected chi connectivity index (χ0v) is 6.60. The molecule has 0 saturated heterocycles. The van der Waals surface area contributed by atoms with Gasteiger partial charge in [0.2, 0.25) is 0 Å². The molecule has 0 aromatic carbocycles. The fourth-order valence-electron chi connectivity index (χ4n) is 3.58. The van der Waals surface area contributed by atoms with Crippen molar-refractivity contribution >= 4 is 0 Å². The first-order valence-electron chi connectivity index (χ1n) is 4.89. The smallest absolute Gasteiger partial charge is 0.0261 e. The Hall–Kier alpha value is 0. The van der Waals surface area contributed by atoms with Gasteiger partial charge in [0.15, 0.2) is 0 Å². The van der Waals surface area contributed by atoms with Crippen LogP contribution in [0.2, 0.25) is 0 Å². The van der Waals surface area contributed by atoms with E-state index >= 15 is 0 Å². The zero-order valence-electron chi connectivity index (χ0n) is 6.60. The van der Waals surface area contributed by atoms with Crippen molar-refractivity contribution in [2.24, 2.45) is 17.3 Å². The third-order valence-corrected chi connectivity index (χ3v) is 4.31. The molecule has 0 aliphatic heterocycles. The molecule has 0 aromatic rings. The van der Waals surface area contributed by atoms with Crippen molar-refractivity contribution in [1.29, 1.82) is 0 Å². The SMILES string of the molecule is C1CCC(C23CC(C2)C3)C1. The molecule has 4 rings (SSSR count). The minimum Gasteiger partial charge on any atom is -0.0530 e. The molecule has 10 heavy (non-hydrogen) atoms. The minimum atomic E-state index is 0.946. The molecule has 0 unspecified atom stereocenters. The summed E-state index contributed by atoms with van der Waals surface area (Å²) in [5, 5.41) is 0. The second kappa shape index (κ2) is 1.60. The normalized spacial score (nSPS) is 52.2. The van der Waals surface area contributed by atoms with E-state index in [2.05, 4.69) is 0 Å². The Morgan fingerprint density at radius 3 is 1.90 bits per heavy atom. The Balaban J connectivity index is 1.74. The molecule has 0 atom stereocenters. The first-order chi connectivity index (χ1) is 4.89. The molecule has 4 aliphatic carbocycles. The average molecular weight is 136 g/mol. The van der Waals surface area contributed by atoms with Crippen molar-refractivity contribution in [1.82, 2.24) is 0 Å². The third-order valence-electron chi connectivity index (χ3n) is 4.31. The monoisotopic (exact) mass is 136 g/mol. The molecule has 4 fully saturated rings. The predicted molar refractivity (Wildman–Crippen MR) is 41.7 cm³/mol. The summed E-state index contributed by atoms with van der Waals surface area (Å²) in [6.45, 7) is 0. The summed E-state index contributed by atoms with van der Waals surface area (Å²) in [7, 11) is 0. The predicted octanol–water partition coefficient (Wildman–Crippen LogP) is 2.98. The summed E-state index contributed by atoms with van der Waals surface area (Å²) in [5.74, 6) is 2.37. The Labute approximate surface area is 63.0 Å². The molecule has 0 amide bonds. The molecule has 0 N–H and O–H groups in total. The molecule has 0 nitrogen and oxygen atoms in total. The van der Waals surface area contributed by atoms with E-state index in [0.29, 0.717) is 0 Å². The maximum Gasteiger partial charge on any atom is -0.0261 e. The second-order valence-electron chi connectivity index (χ2n) is 4.82. The highest BCUT2D eigenvalue weighted by molar-refractivity contribution is 5.10. The van der Waals surface area contributed by atoms with Crippen LogP contribution in [0, 0.1) is 17.3 Å². The van der Waals surface area contributed by atoms with Crippen molar-refractivity contribution < 1.29 is 0 Å². The molecule has 56 valence electrons. The summed E-state index contributed by atoms with van der Waals surface area (Å²) < 4.78 is 0. The Kier molecular flexibility index (Phi) is 0.898. The van der Waals surface area contributed by atoms with E-state index in [1.807, 2.05) is 0 Å². The van der Waals surface area contributed by atoms with E-state index in [9.17, 15) is 0 Å². The lowest BCUT2D eigenvalue weighted by Crippen LogP contribution is -2.55. The van der Waals surface area contributed by atoms with E-state index in [0.717, 1.165) is 5.41 Å². The van der Waals surface area contributed by atoms with E-state index in [-0.39, 0.29) is 0 Å². The quantitative estimate of drug-likeness (QED) is 0.520. The molecule has 0 heterocycles. The van der Waals surface area contributed by atoms with Gasteiger partial charge in [0.05, 0.1) is 0 Å². The summed E-state index contributed by atoms with van der Waals surface area (Å²) in [6.07, 6.45) is 11.1. The highest BCUT2D eigenvalue weighted by atomic mass is 14.6. The van der Waals surface area contributed by atoms with Gasteiger partial charge in [-0.15, -0.1) is 0 Å². The summed E-state index contributed by atoms with van der Waals surface area (Å²) in [5.41, 5.74) is 0.946. The topological polar surface area (TPSA) is 0 Å². The van der Waals surface area contributed by atoms with Gasteiger partial charge >= 0.3 is 0 Å².